The molecule has 0 saturated carbocycles. The van der Waals surface area contributed by atoms with E-state index in [9.17, 15) is 9.18 Å². The van der Waals surface area contributed by atoms with Gasteiger partial charge in [-0.3, -0.25) is 4.79 Å². The fourth-order valence-electron chi connectivity index (χ4n) is 1.54. The third kappa shape index (κ3) is 3.23. The van der Waals surface area contributed by atoms with Crippen molar-refractivity contribution in [1.29, 1.82) is 0 Å². The molecule has 2 aromatic rings. The summed E-state index contributed by atoms with van der Waals surface area (Å²) in [7, 11) is 0. The first-order chi connectivity index (χ1) is 8.16. The number of benzene rings is 1. The SMILES string of the molecule is O=C(CCc1ccsc1)c1cc(Br)ccc1F. The van der Waals surface area contributed by atoms with Crippen LogP contribution in [0.25, 0.3) is 0 Å². The van der Waals surface area contributed by atoms with Crippen molar-refractivity contribution in [3.8, 4) is 0 Å². The van der Waals surface area contributed by atoms with Crippen molar-refractivity contribution < 1.29 is 9.18 Å². The van der Waals surface area contributed by atoms with E-state index in [1.807, 2.05) is 16.8 Å². The summed E-state index contributed by atoms with van der Waals surface area (Å²) in [4.78, 5) is 11.9. The average Bonchev–Trinajstić information content (AvgIpc) is 2.82. The molecule has 0 spiro atoms. The molecule has 88 valence electrons. The van der Waals surface area contributed by atoms with Crippen molar-refractivity contribution >= 4 is 33.0 Å². The molecule has 1 heterocycles. The van der Waals surface area contributed by atoms with E-state index in [4.69, 9.17) is 0 Å². The molecule has 0 radical (unpaired) electrons. The van der Waals surface area contributed by atoms with Gasteiger partial charge in [0.15, 0.2) is 5.78 Å². The van der Waals surface area contributed by atoms with Gasteiger partial charge in [-0.25, -0.2) is 4.39 Å². The molecular formula is C13H10BrFOS. The summed E-state index contributed by atoms with van der Waals surface area (Å²) in [6, 6.07) is 6.41. The van der Waals surface area contributed by atoms with Crippen LogP contribution < -0.4 is 0 Å². The number of carbonyl (C=O) groups excluding carboxylic acids is 1. The number of aryl methyl sites for hydroxylation is 1. The molecule has 0 aliphatic heterocycles. The van der Waals surface area contributed by atoms with Crippen LogP contribution in [0.5, 0.6) is 0 Å². The second-order valence-electron chi connectivity index (χ2n) is 3.68. The summed E-state index contributed by atoms with van der Waals surface area (Å²) in [5.41, 5.74) is 1.29. The van der Waals surface area contributed by atoms with Gasteiger partial charge in [-0.15, -0.1) is 0 Å². The van der Waals surface area contributed by atoms with Crippen LogP contribution in [0.2, 0.25) is 0 Å². The molecular weight excluding hydrogens is 303 g/mol. The number of ketones is 1. The van der Waals surface area contributed by atoms with Crippen molar-refractivity contribution in [2.24, 2.45) is 0 Å². The zero-order valence-corrected chi connectivity index (χ0v) is 11.4. The number of thiophene rings is 1. The Morgan fingerprint density at radius 3 is 2.88 bits per heavy atom. The summed E-state index contributed by atoms with van der Waals surface area (Å²) >= 11 is 4.84. The molecule has 1 nitrogen and oxygen atoms in total. The predicted octanol–water partition coefficient (Wildman–Crippen LogP) is 4.47. The molecule has 1 aromatic heterocycles. The monoisotopic (exact) mass is 312 g/mol. The van der Waals surface area contributed by atoms with Crippen molar-refractivity contribution in [2.75, 3.05) is 0 Å². The topological polar surface area (TPSA) is 17.1 Å². The molecule has 0 saturated heterocycles. The van der Waals surface area contributed by atoms with Crippen LogP contribution in [0.4, 0.5) is 4.39 Å². The van der Waals surface area contributed by atoms with E-state index in [1.54, 1.807) is 17.4 Å². The first kappa shape index (κ1) is 12.5. The summed E-state index contributed by atoms with van der Waals surface area (Å²) < 4.78 is 14.2. The van der Waals surface area contributed by atoms with E-state index < -0.39 is 5.82 Å². The molecule has 0 aliphatic rings. The Bertz CT molecular complexity index is 522. The third-order valence-corrected chi connectivity index (χ3v) is 3.67. The lowest BCUT2D eigenvalue weighted by Crippen LogP contribution is -2.03. The Morgan fingerprint density at radius 1 is 1.35 bits per heavy atom. The number of hydrogen-bond donors (Lipinski definition) is 0. The smallest absolute Gasteiger partial charge is 0.166 e. The van der Waals surface area contributed by atoms with Crippen molar-refractivity contribution in [2.45, 2.75) is 12.8 Å². The van der Waals surface area contributed by atoms with Crippen LogP contribution in [-0.2, 0) is 6.42 Å². The lowest BCUT2D eigenvalue weighted by atomic mass is 10.0. The molecule has 0 fully saturated rings. The van der Waals surface area contributed by atoms with Crippen LogP contribution in [-0.4, -0.2) is 5.78 Å². The molecule has 2 rings (SSSR count). The quantitative estimate of drug-likeness (QED) is 0.761. The fraction of sp³-hybridized carbons (Fsp3) is 0.154. The van der Waals surface area contributed by atoms with Gasteiger partial charge in [0.25, 0.3) is 0 Å². The van der Waals surface area contributed by atoms with Gasteiger partial charge in [0.05, 0.1) is 5.56 Å². The molecule has 0 unspecified atom stereocenters. The van der Waals surface area contributed by atoms with Gasteiger partial charge in [0.2, 0.25) is 0 Å². The van der Waals surface area contributed by atoms with E-state index in [-0.39, 0.29) is 11.3 Å². The molecule has 0 atom stereocenters. The van der Waals surface area contributed by atoms with Gasteiger partial charge in [-0.2, -0.15) is 11.3 Å². The van der Waals surface area contributed by atoms with Gasteiger partial charge in [-0.05, 0) is 47.0 Å². The van der Waals surface area contributed by atoms with Crippen molar-refractivity contribution in [3.05, 3.63) is 56.4 Å². The maximum atomic E-state index is 13.4. The summed E-state index contributed by atoms with van der Waals surface area (Å²) in [5, 5.41) is 3.98. The number of Topliss-reactive ketones (excluding diaryl/α,β-unsaturated/α-hetero) is 1. The van der Waals surface area contributed by atoms with Crippen LogP contribution in [0.3, 0.4) is 0 Å². The Balaban J connectivity index is 2.07. The number of hydrogen-bond acceptors (Lipinski definition) is 2. The largest absolute Gasteiger partial charge is 0.294 e. The molecule has 4 heteroatoms. The van der Waals surface area contributed by atoms with E-state index in [1.165, 1.54) is 12.1 Å². The lowest BCUT2D eigenvalue weighted by Gasteiger charge is -2.02. The molecule has 1 aromatic carbocycles. The van der Waals surface area contributed by atoms with E-state index >= 15 is 0 Å². The summed E-state index contributed by atoms with van der Waals surface area (Å²) in [6.07, 6.45) is 0.998. The highest BCUT2D eigenvalue weighted by atomic mass is 79.9. The molecule has 0 bridgehead atoms. The van der Waals surface area contributed by atoms with E-state index in [0.717, 1.165) is 10.0 Å². The minimum atomic E-state index is -0.455. The highest BCUT2D eigenvalue weighted by Gasteiger charge is 2.12. The van der Waals surface area contributed by atoms with Gasteiger partial charge >= 0.3 is 0 Å². The Hall–Kier alpha value is -1.00. The Labute approximate surface area is 111 Å². The fourth-order valence-corrected chi connectivity index (χ4v) is 2.60. The van der Waals surface area contributed by atoms with Crippen molar-refractivity contribution in [1.82, 2.24) is 0 Å². The van der Waals surface area contributed by atoms with Gasteiger partial charge < -0.3 is 0 Å². The van der Waals surface area contributed by atoms with Crippen LogP contribution in [0.1, 0.15) is 22.3 Å². The highest BCUT2D eigenvalue weighted by Crippen LogP contribution is 2.18. The second kappa shape index (κ2) is 5.56. The van der Waals surface area contributed by atoms with Crippen LogP contribution in [0, 0.1) is 5.82 Å². The zero-order chi connectivity index (χ0) is 12.3. The first-order valence-electron chi connectivity index (χ1n) is 5.16. The van der Waals surface area contributed by atoms with Crippen LogP contribution >= 0.6 is 27.3 Å². The predicted molar refractivity (Wildman–Crippen MR) is 71.1 cm³/mol. The third-order valence-electron chi connectivity index (χ3n) is 2.45. The summed E-state index contributed by atoms with van der Waals surface area (Å²) in [5.74, 6) is -0.612. The maximum Gasteiger partial charge on any atom is 0.166 e. The minimum Gasteiger partial charge on any atom is -0.294 e. The Morgan fingerprint density at radius 2 is 2.18 bits per heavy atom. The standard InChI is InChI=1S/C13H10BrFOS/c14-10-2-3-12(15)11(7-10)13(16)4-1-9-5-6-17-8-9/h2-3,5-8H,1,4H2. The maximum absolute atomic E-state index is 13.4. The minimum absolute atomic E-state index is 0.157. The van der Waals surface area contributed by atoms with E-state index in [0.29, 0.717) is 12.8 Å². The molecule has 0 N–H and O–H groups in total. The average molecular weight is 313 g/mol. The number of carbonyl (C=O) groups is 1. The Kier molecular flexibility index (Phi) is 4.07. The second-order valence-corrected chi connectivity index (χ2v) is 5.37. The first-order valence-corrected chi connectivity index (χ1v) is 6.90. The number of halogens is 2. The number of rotatable bonds is 4. The van der Waals surface area contributed by atoms with Crippen molar-refractivity contribution in [3.63, 3.8) is 0 Å². The van der Waals surface area contributed by atoms with Gasteiger partial charge in [0, 0.05) is 10.9 Å². The lowest BCUT2D eigenvalue weighted by molar-refractivity contribution is 0.0979. The van der Waals surface area contributed by atoms with Gasteiger partial charge in [-0.1, -0.05) is 15.9 Å². The zero-order valence-electron chi connectivity index (χ0n) is 8.95. The highest BCUT2D eigenvalue weighted by molar-refractivity contribution is 9.10. The van der Waals surface area contributed by atoms with E-state index in [2.05, 4.69) is 15.9 Å². The van der Waals surface area contributed by atoms with Crippen LogP contribution in [0.15, 0.2) is 39.5 Å². The molecule has 0 aliphatic carbocycles. The van der Waals surface area contributed by atoms with Gasteiger partial charge in [0.1, 0.15) is 5.82 Å². The normalized spacial score (nSPS) is 10.5. The molecule has 17 heavy (non-hydrogen) atoms. The summed E-state index contributed by atoms with van der Waals surface area (Å²) in [6.45, 7) is 0. The molecule has 0 amide bonds.